The first-order chi connectivity index (χ1) is 20.6. The van der Waals surface area contributed by atoms with E-state index in [4.69, 9.17) is 13.8 Å². The maximum Gasteiger partial charge on any atom is 0.472 e. The lowest BCUT2D eigenvalue weighted by Gasteiger charge is -2.24. The normalized spacial score (nSPS) is 15.0. The van der Waals surface area contributed by atoms with Crippen molar-refractivity contribution in [2.75, 3.05) is 47.5 Å². The largest absolute Gasteiger partial charge is 0.472 e. The Kier molecular flexibility index (Phi) is 26.6. The predicted molar refractivity (Wildman–Crippen MR) is 178 cm³/mol. The van der Waals surface area contributed by atoms with Gasteiger partial charge in [-0.05, 0) is 38.5 Å². The van der Waals surface area contributed by atoms with E-state index in [1.807, 2.05) is 33.3 Å². The Balaban J connectivity index is 3.74. The summed E-state index contributed by atoms with van der Waals surface area (Å²) in [4.78, 5) is 21.5. The van der Waals surface area contributed by atoms with Gasteiger partial charge in [-0.25, -0.2) is 4.57 Å². The smallest absolute Gasteiger partial charge is 0.463 e. The van der Waals surface area contributed by atoms with Crippen molar-refractivity contribution in [3.63, 3.8) is 0 Å². The molecule has 8 nitrogen and oxygen atoms in total. The Morgan fingerprint density at radius 3 is 1.74 bits per heavy atom. The molecule has 0 aliphatic carbocycles. The van der Waals surface area contributed by atoms with Crippen molar-refractivity contribution in [3.05, 3.63) is 60.8 Å². The van der Waals surface area contributed by atoms with Crippen LogP contribution < -0.4 is 0 Å². The van der Waals surface area contributed by atoms with E-state index in [0.717, 1.165) is 19.3 Å². The second-order valence-corrected chi connectivity index (χ2v) is 13.2. The Labute approximate surface area is 262 Å². The number of aliphatic hydroxyl groups is 1. The molecule has 248 valence electrons. The average molecular weight is 627 g/mol. The molecule has 1 unspecified atom stereocenters. The minimum Gasteiger partial charge on any atom is -0.463 e. The fraction of sp³-hybridized carbons (Fsp3) is 0.676. The molecule has 0 aliphatic rings. The van der Waals surface area contributed by atoms with Gasteiger partial charge in [0.05, 0.1) is 34.2 Å². The highest BCUT2D eigenvalue weighted by atomic mass is 31.2. The molecule has 0 radical (unpaired) electrons. The van der Waals surface area contributed by atoms with Crippen molar-refractivity contribution in [2.24, 2.45) is 0 Å². The molecular weight excluding hydrogens is 565 g/mol. The van der Waals surface area contributed by atoms with Crippen LogP contribution in [0.1, 0.15) is 96.8 Å². The quantitative estimate of drug-likeness (QED) is 0.0298. The molecule has 2 N–H and O–H groups in total. The van der Waals surface area contributed by atoms with Crippen LogP contribution in [-0.2, 0) is 23.1 Å². The highest BCUT2D eigenvalue weighted by Gasteiger charge is 2.24. The molecule has 43 heavy (non-hydrogen) atoms. The first kappa shape index (κ1) is 41.2. The van der Waals surface area contributed by atoms with E-state index in [1.165, 1.54) is 57.8 Å². The lowest BCUT2D eigenvalue weighted by Crippen LogP contribution is -2.37. The van der Waals surface area contributed by atoms with Gasteiger partial charge in [0.25, 0.3) is 0 Å². The van der Waals surface area contributed by atoms with Gasteiger partial charge in [0.1, 0.15) is 25.9 Å². The zero-order valence-corrected chi connectivity index (χ0v) is 28.3. The summed E-state index contributed by atoms with van der Waals surface area (Å²) in [6.07, 6.45) is 35.5. The number of carbonyl (C=O) groups is 1. The number of esters is 1. The van der Waals surface area contributed by atoms with Crippen LogP contribution in [0.15, 0.2) is 60.8 Å². The van der Waals surface area contributed by atoms with Crippen molar-refractivity contribution >= 4 is 13.8 Å². The third kappa shape index (κ3) is 32.9. The molecular formula is C34H61NO7P+. The highest BCUT2D eigenvalue weighted by Crippen LogP contribution is 2.43. The molecule has 0 heterocycles. The summed E-state index contributed by atoms with van der Waals surface area (Å²) in [6, 6.07) is 0. The van der Waals surface area contributed by atoms with E-state index >= 15 is 0 Å². The van der Waals surface area contributed by atoms with Crippen LogP contribution in [0, 0.1) is 0 Å². The van der Waals surface area contributed by atoms with E-state index in [2.05, 4.69) is 49.5 Å². The van der Waals surface area contributed by atoms with Gasteiger partial charge >= 0.3 is 13.8 Å². The standard InChI is InChI=1S/C34H60NO7P/c1-5-6-7-8-9-10-11-12-13-14-15-16-17-18-19-20-21-22-23-24-25-26-27-28-34(37)40-31-33(36)32-42-43(38,39)41-30-29-35(2,3)4/h14-15,17-18,20-21,23-24,26-27,33,36H,5-13,16,19,22,25,28-32H2,1-4H3/p+1/t33-/m1/s1. The minimum atomic E-state index is -4.27. The lowest BCUT2D eigenvalue weighted by atomic mass is 10.1. The topological polar surface area (TPSA) is 102 Å². The van der Waals surface area contributed by atoms with E-state index in [1.54, 1.807) is 6.08 Å². The van der Waals surface area contributed by atoms with E-state index < -0.39 is 26.5 Å². The number of aliphatic hydroxyl groups excluding tert-OH is 1. The number of hydrogen-bond acceptors (Lipinski definition) is 6. The molecule has 0 aromatic rings. The summed E-state index contributed by atoms with van der Waals surface area (Å²) in [6.45, 7) is 2.01. The number of quaternary nitrogens is 1. The number of phosphoric ester groups is 1. The van der Waals surface area contributed by atoms with E-state index in [0.29, 0.717) is 17.4 Å². The van der Waals surface area contributed by atoms with Gasteiger partial charge in [-0.2, -0.15) is 0 Å². The van der Waals surface area contributed by atoms with Crippen LogP contribution in [0.2, 0.25) is 0 Å². The molecule has 0 fully saturated rings. The fourth-order valence-corrected chi connectivity index (χ4v) is 4.47. The minimum absolute atomic E-state index is 0.0376. The van der Waals surface area contributed by atoms with Crippen molar-refractivity contribution < 1.29 is 37.6 Å². The van der Waals surface area contributed by atoms with Gasteiger partial charge in [0, 0.05) is 0 Å². The average Bonchev–Trinajstić information content (AvgIpc) is 2.94. The van der Waals surface area contributed by atoms with Crippen LogP contribution in [0.3, 0.4) is 0 Å². The zero-order chi connectivity index (χ0) is 32.1. The second kappa shape index (κ2) is 27.7. The number of hydrogen-bond donors (Lipinski definition) is 2. The van der Waals surface area contributed by atoms with Crippen LogP contribution >= 0.6 is 7.82 Å². The number of unbranched alkanes of at least 4 members (excludes halogenated alkanes) is 8. The number of allylic oxidation sites excluding steroid dienone is 9. The molecule has 0 aromatic carbocycles. The summed E-state index contributed by atoms with van der Waals surface area (Å²) >= 11 is 0. The molecule has 0 bridgehead atoms. The molecule has 0 aromatic heterocycles. The molecule has 0 aliphatic heterocycles. The Bertz CT molecular complexity index is 874. The summed E-state index contributed by atoms with van der Waals surface area (Å²) < 4.78 is 27.0. The second-order valence-electron chi connectivity index (χ2n) is 11.7. The van der Waals surface area contributed by atoms with Crippen LogP contribution in [-0.4, -0.2) is 74.1 Å². The van der Waals surface area contributed by atoms with E-state index in [9.17, 15) is 19.4 Å². The molecule has 0 saturated carbocycles. The molecule has 0 rings (SSSR count). The zero-order valence-electron chi connectivity index (χ0n) is 27.4. The first-order valence-electron chi connectivity index (χ1n) is 16.1. The van der Waals surface area contributed by atoms with Crippen molar-refractivity contribution in [1.29, 1.82) is 0 Å². The summed E-state index contributed by atoms with van der Waals surface area (Å²) in [5, 5.41) is 9.84. The number of phosphoric acid groups is 1. The van der Waals surface area contributed by atoms with Crippen LogP contribution in [0.25, 0.3) is 0 Å². The third-order valence-electron chi connectivity index (χ3n) is 6.31. The summed E-state index contributed by atoms with van der Waals surface area (Å²) in [7, 11) is 1.50. The number of likely N-dealkylation sites (N-methyl/N-ethyl adjacent to an activating group) is 1. The van der Waals surface area contributed by atoms with Gasteiger partial charge < -0.3 is 19.2 Å². The molecule has 0 amide bonds. The van der Waals surface area contributed by atoms with Gasteiger partial charge in [-0.15, -0.1) is 0 Å². The van der Waals surface area contributed by atoms with E-state index in [-0.39, 0.29) is 19.6 Å². The van der Waals surface area contributed by atoms with Crippen molar-refractivity contribution in [2.45, 2.75) is 103 Å². The highest BCUT2D eigenvalue weighted by molar-refractivity contribution is 7.47. The first-order valence-corrected chi connectivity index (χ1v) is 17.6. The SMILES string of the molecule is CCCCCCCCCCC=CCC=CCC=CCC=CCC=CCC(=O)OC[C@@H](O)COP(=O)(O)OCC[N+](C)(C)C. The number of nitrogens with zero attached hydrogens (tertiary/aromatic N) is 1. The Hall–Kier alpha value is -1.80. The number of carbonyl (C=O) groups excluding carboxylic acids is 1. The maximum absolute atomic E-state index is 11.8. The predicted octanol–water partition coefficient (Wildman–Crippen LogP) is 7.99. The van der Waals surface area contributed by atoms with Gasteiger partial charge in [0.15, 0.2) is 0 Å². The molecule has 2 atom stereocenters. The maximum atomic E-state index is 11.8. The Morgan fingerprint density at radius 2 is 1.21 bits per heavy atom. The van der Waals surface area contributed by atoms with Gasteiger partial charge in [-0.1, -0.05) is 113 Å². The van der Waals surface area contributed by atoms with Crippen molar-refractivity contribution in [1.82, 2.24) is 0 Å². The van der Waals surface area contributed by atoms with Crippen molar-refractivity contribution in [3.8, 4) is 0 Å². The number of ether oxygens (including phenoxy) is 1. The third-order valence-corrected chi connectivity index (χ3v) is 7.30. The van der Waals surface area contributed by atoms with Gasteiger partial charge in [0.2, 0.25) is 0 Å². The molecule has 0 spiro atoms. The van der Waals surface area contributed by atoms with Gasteiger partial charge in [-0.3, -0.25) is 13.8 Å². The number of rotatable bonds is 28. The monoisotopic (exact) mass is 626 g/mol. The molecule has 9 heteroatoms. The Morgan fingerprint density at radius 1 is 0.721 bits per heavy atom. The lowest BCUT2D eigenvalue weighted by molar-refractivity contribution is -0.870. The van der Waals surface area contributed by atoms with Crippen LogP contribution in [0.4, 0.5) is 0 Å². The van der Waals surface area contributed by atoms with Crippen LogP contribution in [0.5, 0.6) is 0 Å². The summed E-state index contributed by atoms with van der Waals surface area (Å²) in [5.74, 6) is -0.499. The molecule has 0 saturated heterocycles. The summed E-state index contributed by atoms with van der Waals surface area (Å²) in [5.41, 5.74) is 0. The fourth-order valence-electron chi connectivity index (χ4n) is 3.72.